The SMILES string of the molecule is CC[C@H](C)[C@@H]1NC(=O)[C@H](CC(C)C)NC(=O)[C@H](CC(=O)O)NC(=O)[C@H](C(C)C)NC(=O)[C@H](CC(C)C)NC(=O)[C@H](CC(C)C)NC(=O)[C@H](CCC(N)=O)NC(=O)CC(CCCCCCCC(C)C)OC1=O. The fourth-order valence-electron chi connectivity index (χ4n) is 8.19. The molecule has 0 radical (unpaired) electrons. The van der Waals surface area contributed by atoms with Crippen molar-refractivity contribution in [3.05, 3.63) is 0 Å². The van der Waals surface area contributed by atoms with E-state index < -0.39 is 132 Å². The quantitative estimate of drug-likeness (QED) is 0.0555. The van der Waals surface area contributed by atoms with Crippen LogP contribution in [0.1, 0.15) is 179 Å². The molecule has 0 bridgehead atoms. The standard InChI is InChI=1S/C51H90N8O12/c1-13-33(12)44-51(70)71-34(20-18-16-14-15-17-19-28(2)3)26-41(61)53-35(21-22-40(52)60)45(64)54-36(23-29(4)5)46(65)55-37(24-30(6)7)48(67)58-43(32(10)11)50(69)57-39(27-42(62)63)47(66)56-38(25-31(8)9)49(68)59-44/h28-39,43-44H,13-27H2,1-12H3,(H2,52,60)(H,53,61)(H,54,64)(H,55,65)(H,56,66)(H,57,69)(H,58,67)(H,59,68)(H,62,63)/t33-,34?,35-,36-,37-,38-,39-,43-,44-/m0/s1. The van der Waals surface area contributed by atoms with Gasteiger partial charge in [0, 0.05) is 6.42 Å². The van der Waals surface area contributed by atoms with Gasteiger partial charge in [-0.3, -0.25) is 43.2 Å². The molecule has 20 nitrogen and oxygen atoms in total. The minimum Gasteiger partial charge on any atom is -0.481 e. The molecule has 0 spiro atoms. The summed E-state index contributed by atoms with van der Waals surface area (Å²) in [7, 11) is 0. The maximum atomic E-state index is 14.2. The van der Waals surface area contributed by atoms with Crippen molar-refractivity contribution in [3.8, 4) is 0 Å². The van der Waals surface area contributed by atoms with E-state index in [1.165, 1.54) is 0 Å². The lowest BCUT2D eigenvalue weighted by Gasteiger charge is -2.30. The number of aliphatic carboxylic acids is 1. The topological polar surface area (TPSA) is 310 Å². The van der Waals surface area contributed by atoms with E-state index >= 15 is 0 Å². The molecule has 1 unspecified atom stereocenters. The Labute approximate surface area is 422 Å². The molecule has 0 aliphatic carbocycles. The molecule has 10 N–H and O–H groups in total. The smallest absolute Gasteiger partial charge is 0.329 e. The van der Waals surface area contributed by atoms with Crippen LogP contribution in [-0.2, 0) is 52.7 Å². The summed E-state index contributed by atoms with van der Waals surface area (Å²) >= 11 is 0. The molecule has 1 aliphatic heterocycles. The van der Waals surface area contributed by atoms with Crippen molar-refractivity contribution in [1.82, 2.24) is 37.2 Å². The summed E-state index contributed by atoms with van der Waals surface area (Å²) in [5.74, 6) is -9.85. The van der Waals surface area contributed by atoms with E-state index in [1.54, 1.807) is 41.5 Å². The van der Waals surface area contributed by atoms with E-state index in [0.29, 0.717) is 18.8 Å². The van der Waals surface area contributed by atoms with Gasteiger partial charge < -0.3 is 52.8 Å². The number of primary amides is 1. The van der Waals surface area contributed by atoms with E-state index in [4.69, 9.17) is 10.5 Å². The zero-order valence-electron chi connectivity index (χ0n) is 44.7. The Hall–Kier alpha value is -5.30. The van der Waals surface area contributed by atoms with Gasteiger partial charge in [-0.15, -0.1) is 0 Å². The second kappa shape index (κ2) is 32.6. The van der Waals surface area contributed by atoms with Crippen LogP contribution in [0.15, 0.2) is 0 Å². The van der Waals surface area contributed by atoms with Crippen LogP contribution in [-0.4, -0.2) is 113 Å². The van der Waals surface area contributed by atoms with Crippen molar-refractivity contribution in [1.29, 1.82) is 0 Å². The number of carboxylic acid groups (broad SMARTS) is 1. The molecule has 1 aliphatic rings. The van der Waals surface area contributed by atoms with Gasteiger partial charge >= 0.3 is 11.9 Å². The van der Waals surface area contributed by atoms with Crippen molar-refractivity contribution >= 4 is 59.2 Å². The number of unbranched alkanes of at least 4 members (excludes halogenated alkanes) is 4. The lowest BCUT2D eigenvalue weighted by molar-refractivity contribution is -0.156. The predicted octanol–water partition coefficient (Wildman–Crippen LogP) is 3.66. The van der Waals surface area contributed by atoms with Crippen molar-refractivity contribution in [2.24, 2.45) is 41.2 Å². The number of ether oxygens (including phenoxy) is 1. The molecule has 406 valence electrons. The van der Waals surface area contributed by atoms with Gasteiger partial charge in [0.15, 0.2) is 0 Å². The summed E-state index contributed by atoms with van der Waals surface area (Å²) in [6.07, 6.45) is 3.44. The normalized spacial score (nSPS) is 24.7. The zero-order chi connectivity index (χ0) is 54.1. The first-order valence-electron chi connectivity index (χ1n) is 26.0. The minimum absolute atomic E-state index is 0.0453. The number of rotatable bonds is 22. The number of carbonyl (C=O) groups excluding carboxylic acids is 9. The number of nitrogens with two attached hydrogens (primary N) is 1. The van der Waals surface area contributed by atoms with Crippen molar-refractivity contribution < 1.29 is 57.8 Å². The highest BCUT2D eigenvalue weighted by Crippen LogP contribution is 2.19. The van der Waals surface area contributed by atoms with E-state index in [2.05, 4.69) is 51.1 Å². The summed E-state index contributed by atoms with van der Waals surface area (Å²) in [6.45, 7) is 21.9. The second-order valence-corrected chi connectivity index (χ2v) is 21.5. The first-order valence-corrected chi connectivity index (χ1v) is 26.0. The van der Waals surface area contributed by atoms with Crippen LogP contribution >= 0.6 is 0 Å². The largest absolute Gasteiger partial charge is 0.481 e. The lowest BCUT2D eigenvalue weighted by Crippen LogP contribution is -2.61. The average Bonchev–Trinajstić information content (AvgIpc) is 3.25. The first kappa shape index (κ1) is 63.7. The molecule has 1 rings (SSSR count). The van der Waals surface area contributed by atoms with Crippen molar-refractivity contribution in [2.75, 3.05) is 0 Å². The molecule has 71 heavy (non-hydrogen) atoms. The monoisotopic (exact) mass is 1010 g/mol. The molecular formula is C51H90N8O12. The average molecular weight is 1010 g/mol. The van der Waals surface area contributed by atoms with Crippen LogP contribution in [0.2, 0.25) is 0 Å². The number of hydrogen-bond acceptors (Lipinski definition) is 11. The number of carboxylic acids is 1. The Kier molecular flexibility index (Phi) is 29.3. The van der Waals surface area contributed by atoms with Gasteiger partial charge in [0.25, 0.3) is 0 Å². The Morgan fingerprint density at radius 2 is 0.986 bits per heavy atom. The van der Waals surface area contributed by atoms with Gasteiger partial charge in [0.1, 0.15) is 48.4 Å². The number of cyclic esters (lactones) is 1. The van der Waals surface area contributed by atoms with Crippen LogP contribution in [0.5, 0.6) is 0 Å². The molecule has 0 aromatic heterocycles. The number of nitrogens with one attached hydrogen (secondary N) is 7. The lowest BCUT2D eigenvalue weighted by atomic mass is 9.97. The Bertz CT molecular complexity index is 1770. The molecule has 0 aromatic carbocycles. The van der Waals surface area contributed by atoms with Crippen LogP contribution < -0.4 is 43.0 Å². The number of amides is 8. The molecule has 0 aromatic rings. The molecular weight excluding hydrogens is 917 g/mol. The van der Waals surface area contributed by atoms with E-state index in [0.717, 1.165) is 32.1 Å². The number of hydrogen-bond donors (Lipinski definition) is 9. The third-order valence-electron chi connectivity index (χ3n) is 12.4. The Balaban J connectivity index is 4.01. The summed E-state index contributed by atoms with van der Waals surface area (Å²) < 4.78 is 6.06. The molecule has 9 atom stereocenters. The van der Waals surface area contributed by atoms with Gasteiger partial charge in [-0.1, -0.05) is 122 Å². The molecule has 0 saturated carbocycles. The molecule has 8 amide bonds. The molecule has 1 saturated heterocycles. The highest BCUT2D eigenvalue weighted by atomic mass is 16.5. The zero-order valence-corrected chi connectivity index (χ0v) is 44.7. The highest BCUT2D eigenvalue weighted by molar-refractivity contribution is 5.98. The van der Waals surface area contributed by atoms with Gasteiger partial charge in [0.2, 0.25) is 47.3 Å². The van der Waals surface area contributed by atoms with Gasteiger partial charge in [-0.05, 0) is 74.0 Å². The Morgan fingerprint density at radius 3 is 1.44 bits per heavy atom. The van der Waals surface area contributed by atoms with Crippen LogP contribution in [0, 0.1) is 35.5 Å². The van der Waals surface area contributed by atoms with E-state index in [9.17, 15) is 53.1 Å². The minimum atomic E-state index is -1.72. The van der Waals surface area contributed by atoms with E-state index in [1.807, 2.05) is 27.7 Å². The van der Waals surface area contributed by atoms with Crippen LogP contribution in [0.25, 0.3) is 0 Å². The summed E-state index contributed by atoms with van der Waals surface area (Å²) in [6, 6.07) is -9.49. The van der Waals surface area contributed by atoms with Gasteiger partial charge in [0.05, 0.1) is 12.8 Å². The predicted molar refractivity (Wildman–Crippen MR) is 269 cm³/mol. The first-order chi connectivity index (χ1) is 33.1. The maximum absolute atomic E-state index is 14.2. The highest BCUT2D eigenvalue weighted by Gasteiger charge is 2.38. The second-order valence-electron chi connectivity index (χ2n) is 21.5. The fourth-order valence-corrected chi connectivity index (χ4v) is 8.19. The van der Waals surface area contributed by atoms with Gasteiger partial charge in [-0.2, -0.15) is 0 Å². The van der Waals surface area contributed by atoms with Crippen LogP contribution in [0.3, 0.4) is 0 Å². The number of carbonyl (C=O) groups is 10. The molecule has 1 fully saturated rings. The third kappa shape index (κ3) is 25.6. The summed E-state index contributed by atoms with van der Waals surface area (Å²) in [5.41, 5.74) is 5.48. The Morgan fingerprint density at radius 1 is 0.549 bits per heavy atom. The summed E-state index contributed by atoms with van der Waals surface area (Å²) in [4.78, 5) is 137. The molecule has 20 heteroatoms. The number of esters is 1. The summed E-state index contributed by atoms with van der Waals surface area (Å²) in [5, 5.41) is 28.4. The maximum Gasteiger partial charge on any atom is 0.329 e. The van der Waals surface area contributed by atoms with Crippen molar-refractivity contribution in [3.63, 3.8) is 0 Å². The molecule has 1 heterocycles. The third-order valence-corrected chi connectivity index (χ3v) is 12.4. The van der Waals surface area contributed by atoms with E-state index in [-0.39, 0.29) is 56.3 Å². The van der Waals surface area contributed by atoms with Crippen molar-refractivity contribution in [2.45, 2.75) is 228 Å². The van der Waals surface area contributed by atoms with Crippen LogP contribution in [0.4, 0.5) is 0 Å². The van der Waals surface area contributed by atoms with Gasteiger partial charge in [-0.25, -0.2) is 4.79 Å². The fraction of sp³-hybridized carbons (Fsp3) is 0.804.